The molecule has 1 heterocycles. The molecule has 1 aliphatic carbocycles. The van der Waals surface area contributed by atoms with Crippen LogP contribution >= 0.6 is 0 Å². The van der Waals surface area contributed by atoms with E-state index in [2.05, 4.69) is 9.97 Å². The number of anilines is 1. The van der Waals surface area contributed by atoms with Crippen LogP contribution in [0.2, 0.25) is 0 Å². The monoisotopic (exact) mass is 429 g/mol. The Kier molecular flexibility index (Phi) is 8.48. The molecular weight excluding hydrogens is 401 g/mol. The lowest BCUT2D eigenvalue weighted by molar-refractivity contribution is -0.127. The van der Waals surface area contributed by atoms with E-state index in [0.29, 0.717) is 24.1 Å². The van der Waals surface area contributed by atoms with Gasteiger partial charge in [0, 0.05) is 7.05 Å². The van der Waals surface area contributed by atoms with Crippen LogP contribution in [0.15, 0.2) is 42.9 Å². The van der Waals surface area contributed by atoms with Gasteiger partial charge in [0.15, 0.2) is 11.6 Å². The number of ether oxygens (including phenoxy) is 1. The molecule has 1 aromatic carbocycles. The number of primary amides is 1. The summed E-state index contributed by atoms with van der Waals surface area (Å²) in [6.07, 6.45) is 8.31. The number of nitrogen functional groups attached to an aromatic ring is 1. The molecule has 1 fully saturated rings. The smallest absolute Gasteiger partial charge is 0.251 e. The van der Waals surface area contributed by atoms with Crippen molar-refractivity contribution in [1.82, 2.24) is 14.9 Å². The zero-order valence-electron chi connectivity index (χ0n) is 17.9. The van der Waals surface area contributed by atoms with Gasteiger partial charge in [-0.25, -0.2) is 14.4 Å². The minimum atomic E-state index is -0.708. The number of halogens is 1. The highest BCUT2D eigenvalue weighted by molar-refractivity contribution is 5.93. The van der Waals surface area contributed by atoms with Gasteiger partial charge in [0.25, 0.3) is 5.91 Å². The van der Waals surface area contributed by atoms with Crippen LogP contribution in [0.4, 0.5) is 10.2 Å². The summed E-state index contributed by atoms with van der Waals surface area (Å²) in [6, 6.07) is 4.58. The van der Waals surface area contributed by atoms with Crippen LogP contribution in [0.1, 0.15) is 48.5 Å². The van der Waals surface area contributed by atoms with Crippen molar-refractivity contribution in [3.63, 3.8) is 0 Å². The van der Waals surface area contributed by atoms with Gasteiger partial charge < -0.3 is 21.1 Å². The highest BCUT2D eigenvalue weighted by atomic mass is 19.1. The molecule has 0 saturated heterocycles. The van der Waals surface area contributed by atoms with Crippen molar-refractivity contribution in [2.24, 2.45) is 5.73 Å². The second kappa shape index (κ2) is 11.1. The number of nitrogens with two attached hydrogens (primary N) is 2. The Bertz CT molecular complexity index is 946. The molecule has 0 aliphatic heterocycles. The van der Waals surface area contributed by atoms with E-state index in [0.717, 1.165) is 18.4 Å². The van der Waals surface area contributed by atoms with Crippen LogP contribution in [0, 0.1) is 5.82 Å². The molecule has 2 amide bonds. The van der Waals surface area contributed by atoms with Crippen molar-refractivity contribution >= 4 is 17.6 Å². The lowest BCUT2D eigenvalue weighted by atomic mass is 10.1. The second-order valence-corrected chi connectivity index (χ2v) is 7.26. The average molecular weight is 429 g/mol. The molecular formula is C22H28FN5O3. The number of aromatic nitrogens is 2. The third-order valence-electron chi connectivity index (χ3n) is 4.81. The maximum absolute atomic E-state index is 13.2. The number of hydrogen-bond donors (Lipinski definition) is 2. The first kappa shape index (κ1) is 23.8. The fraction of sp³-hybridized carbons (Fsp3) is 0.364. The molecule has 2 aromatic rings. The van der Waals surface area contributed by atoms with E-state index in [1.165, 1.54) is 30.7 Å². The van der Waals surface area contributed by atoms with E-state index >= 15 is 0 Å². The predicted octanol–water partition coefficient (Wildman–Crippen LogP) is 2.66. The van der Waals surface area contributed by atoms with Crippen LogP contribution in [-0.4, -0.2) is 46.4 Å². The number of amides is 2. The molecule has 0 radical (unpaired) electrons. The van der Waals surface area contributed by atoms with Gasteiger partial charge in [-0.15, -0.1) is 0 Å². The van der Waals surface area contributed by atoms with Crippen LogP contribution in [0.25, 0.3) is 0 Å². The van der Waals surface area contributed by atoms with Crippen LogP contribution < -0.4 is 16.2 Å². The fourth-order valence-electron chi connectivity index (χ4n) is 2.64. The summed E-state index contributed by atoms with van der Waals surface area (Å²) in [7, 11) is 1.72. The molecule has 1 unspecified atom stereocenters. The van der Waals surface area contributed by atoms with Gasteiger partial charge in [-0.1, -0.05) is 12.1 Å². The summed E-state index contributed by atoms with van der Waals surface area (Å²) >= 11 is 0. The van der Waals surface area contributed by atoms with Crippen molar-refractivity contribution in [3.8, 4) is 5.75 Å². The predicted molar refractivity (Wildman–Crippen MR) is 116 cm³/mol. The number of allylic oxidation sites excluding steroid dienone is 1. The normalized spacial score (nSPS) is 13.8. The number of carbonyl (C=O) groups excluding carboxylic acids is 2. The highest BCUT2D eigenvalue weighted by Crippen LogP contribution is 2.40. The zero-order chi connectivity index (χ0) is 23.0. The Hall–Kier alpha value is -3.49. The Morgan fingerprint density at radius 1 is 1.39 bits per heavy atom. The van der Waals surface area contributed by atoms with E-state index < -0.39 is 11.7 Å². The molecule has 1 aliphatic rings. The third kappa shape index (κ3) is 7.06. The van der Waals surface area contributed by atoms with E-state index in [4.69, 9.17) is 16.2 Å². The number of carbonyl (C=O) groups is 2. The van der Waals surface area contributed by atoms with E-state index in [1.54, 1.807) is 31.0 Å². The lowest BCUT2D eigenvalue weighted by Crippen LogP contribution is -2.37. The van der Waals surface area contributed by atoms with Gasteiger partial charge in [0.2, 0.25) is 5.91 Å². The van der Waals surface area contributed by atoms with Crippen molar-refractivity contribution in [3.05, 3.63) is 59.8 Å². The average Bonchev–Trinajstić information content (AvgIpc) is 3.58. The summed E-state index contributed by atoms with van der Waals surface area (Å²) in [6.45, 7) is 4.02. The topological polar surface area (TPSA) is 124 Å². The summed E-state index contributed by atoms with van der Waals surface area (Å²) in [4.78, 5) is 31.5. The van der Waals surface area contributed by atoms with Gasteiger partial charge in [-0.3, -0.25) is 9.59 Å². The fourth-order valence-corrected chi connectivity index (χ4v) is 2.64. The largest absolute Gasteiger partial charge is 0.486 e. The highest BCUT2D eigenvalue weighted by Gasteiger charge is 2.24. The lowest BCUT2D eigenvalue weighted by Gasteiger charge is -2.23. The standard InChI is InChI=1S/C12H18N4O2.C10H10FNO/c1-4-5-11(17)16(3)9(2)7-18-10-6-14-8-15-12(10)13;11-9-5-7(6-1-2-6)3-4-8(9)10(12)13/h4-6,8-9H,7H2,1-3H3,(H2,13,14,15);3-6H,1-2H2,(H2,12,13). The second-order valence-electron chi connectivity index (χ2n) is 7.26. The molecule has 8 nitrogen and oxygen atoms in total. The maximum Gasteiger partial charge on any atom is 0.251 e. The van der Waals surface area contributed by atoms with E-state index in [-0.39, 0.29) is 17.5 Å². The van der Waals surface area contributed by atoms with Gasteiger partial charge >= 0.3 is 0 Å². The summed E-state index contributed by atoms with van der Waals surface area (Å²) < 4.78 is 18.7. The summed E-state index contributed by atoms with van der Waals surface area (Å²) in [5.41, 5.74) is 11.6. The van der Waals surface area contributed by atoms with Crippen LogP contribution in [-0.2, 0) is 4.79 Å². The van der Waals surface area contributed by atoms with Crippen LogP contribution in [0.5, 0.6) is 5.75 Å². The van der Waals surface area contributed by atoms with E-state index in [9.17, 15) is 14.0 Å². The SMILES string of the molecule is CC=CC(=O)N(C)C(C)COc1cncnc1N.NC(=O)c1ccc(C2CC2)cc1F. The first-order chi connectivity index (χ1) is 14.7. The van der Waals surface area contributed by atoms with E-state index in [1.807, 2.05) is 6.92 Å². The summed E-state index contributed by atoms with van der Waals surface area (Å²) in [5.74, 6) is -0.0603. The van der Waals surface area contributed by atoms with Crippen LogP contribution in [0.3, 0.4) is 0 Å². The molecule has 0 spiro atoms. The van der Waals surface area contributed by atoms with Crippen molar-refractivity contribution in [2.75, 3.05) is 19.4 Å². The molecule has 9 heteroatoms. The summed E-state index contributed by atoms with van der Waals surface area (Å²) in [5, 5.41) is 0. The molecule has 31 heavy (non-hydrogen) atoms. The number of benzene rings is 1. The number of rotatable bonds is 7. The molecule has 3 rings (SSSR count). The van der Waals surface area contributed by atoms with Gasteiger partial charge in [-0.05, 0) is 56.4 Å². The third-order valence-corrected chi connectivity index (χ3v) is 4.81. The Morgan fingerprint density at radius 3 is 2.65 bits per heavy atom. The first-order valence-electron chi connectivity index (χ1n) is 9.91. The Balaban J connectivity index is 0.000000231. The molecule has 0 bridgehead atoms. The number of likely N-dealkylation sites (N-methyl/N-ethyl adjacent to an activating group) is 1. The van der Waals surface area contributed by atoms with Crippen molar-refractivity contribution < 1.29 is 18.7 Å². The maximum atomic E-state index is 13.2. The molecule has 1 saturated carbocycles. The Morgan fingerprint density at radius 2 is 2.10 bits per heavy atom. The number of nitrogens with zero attached hydrogens (tertiary/aromatic N) is 3. The Labute approximate surface area is 181 Å². The molecule has 1 atom stereocenters. The van der Waals surface area contributed by atoms with Crippen molar-refractivity contribution in [1.29, 1.82) is 0 Å². The zero-order valence-corrected chi connectivity index (χ0v) is 17.9. The molecule has 4 N–H and O–H groups in total. The first-order valence-corrected chi connectivity index (χ1v) is 9.91. The van der Waals surface area contributed by atoms with Crippen molar-refractivity contribution in [2.45, 2.75) is 38.6 Å². The van der Waals surface area contributed by atoms with Gasteiger partial charge in [-0.2, -0.15) is 0 Å². The minimum absolute atomic E-state index is 0.0237. The van der Waals surface area contributed by atoms with Gasteiger partial charge in [0.05, 0.1) is 17.8 Å². The molecule has 1 aromatic heterocycles. The minimum Gasteiger partial charge on any atom is -0.486 e. The van der Waals surface area contributed by atoms with Gasteiger partial charge in [0.1, 0.15) is 18.8 Å². The molecule has 166 valence electrons. The number of hydrogen-bond acceptors (Lipinski definition) is 6. The quantitative estimate of drug-likeness (QED) is 0.652.